The van der Waals surface area contributed by atoms with Gasteiger partial charge >= 0.3 is 0 Å². The standard InChI is InChI=1S/C10H12BrNO2/c1-7(2)9(13)6-12-5-8(11)3-4-10(12)14/h3-5,7H,6H2,1-2H3. The van der Waals surface area contributed by atoms with Crippen LogP contribution in [-0.2, 0) is 11.3 Å². The molecule has 76 valence electrons. The third-order valence-corrected chi connectivity index (χ3v) is 2.39. The first kappa shape index (κ1) is 11.2. The molecule has 1 aromatic heterocycles. The molecule has 0 aliphatic rings. The average Bonchev–Trinajstić information content (AvgIpc) is 2.11. The number of ketones is 1. The van der Waals surface area contributed by atoms with Gasteiger partial charge in [0.2, 0.25) is 0 Å². The lowest BCUT2D eigenvalue weighted by Gasteiger charge is -2.06. The van der Waals surface area contributed by atoms with Crippen molar-refractivity contribution in [3.05, 3.63) is 33.2 Å². The Morgan fingerprint density at radius 3 is 2.71 bits per heavy atom. The molecular formula is C10H12BrNO2. The molecule has 0 aromatic carbocycles. The van der Waals surface area contributed by atoms with Crippen molar-refractivity contribution in [2.24, 2.45) is 5.92 Å². The second kappa shape index (κ2) is 4.55. The van der Waals surface area contributed by atoms with Gasteiger partial charge in [-0.25, -0.2) is 0 Å². The highest BCUT2D eigenvalue weighted by Crippen LogP contribution is 2.05. The van der Waals surface area contributed by atoms with Crippen LogP contribution < -0.4 is 5.56 Å². The Bertz CT molecular complexity index is 395. The van der Waals surface area contributed by atoms with E-state index in [1.54, 1.807) is 12.3 Å². The Balaban J connectivity index is 2.92. The summed E-state index contributed by atoms with van der Waals surface area (Å²) in [6, 6.07) is 3.11. The fraction of sp³-hybridized carbons (Fsp3) is 0.400. The Labute approximate surface area is 90.9 Å². The van der Waals surface area contributed by atoms with Gasteiger partial charge in [-0.3, -0.25) is 9.59 Å². The van der Waals surface area contributed by atoms with Crippen LogP contribution in [0.5, 0.6) is 0 Å². The molecule has 4 heteroatoms. The van der Waals surface area contributed by atoms with Crippen molar-refractivity contribution in [3.63, 3.8) is 0 Å². The van der Waals surface area contributed by atoms with Crippen molar-refractivity contribution in [1.29, 1.82) is 0 Å². The van der Waals surface area contributed by atoms with E-state index in [-0.39, 0.29) is 23.8 Å². The number of hydrogen-bond acceptors (Lipinski definition) is 2. The summed E-state index contributed by atoms with van der Waals surface area (Å²) in [5, 5.41) is 0. The maximum Gasteiger partial charge on any atom is 0.250 e. The molecule has 3 nitrogen and oxygen atoms in total. The van der Waals surface area contributed by atoms with E-state index in [2.05, 4.69) is 15.9 Å². The van der Waals surface area contributed by atoms with E-state index in [1.807, 2.05) is 13.8 Å². The monoisotopic (exact) mass is 257 g/mol. The average molecular weight is 258 g/mol. The Morgan fingerprint density at radius 2 is 2.14 bits per heavy atom. The zero-order valence-corrected chi connectivity index (χ0v) is 9.74. The highest BCUT2D eigenvalue weighted by molar-refractivity contribution is 9.10. The summed E-state index contributed by atoms with van der Waals surface area (Å²) in [6.45, 7) is 3.80. The molecule has 0 saturated heterocycles. The summed E-state index contributed by atoms with van der Waals surface area (Å²) >= 11 is 3.25. The van der Waals surface area contributed by atoms with Gasteiger partial charge in [0, 0.05) is 22.7 Å². The van der Waals surface area contributed by atoms with Gasteiger partial charge < -0.3 is 4.57 Å². The van der Waals surface area contributed by atoms with E-state index < -0.39 is 0 Å². The number of Topliss-reactive ketones (excluding diaryl/α,β-unsaturated/α-hetero) is 1. The predicted molar refractivity (Wildman–Crippen MR) is 58.2 cm³/mol. The van der Waals surface area contributed by atoms with E-state index in [1.165, 1.54) is 10.6 Å². The molecule has 0 N–H and O–H groups in total. The third-order valence-electron chi connectivity index (χ3n) is 1.92. The number of nitrogens with zero attached hydrogens (tertiary/aromatic N) is 1. The van der Waals surface area contributed by atoms with Crippen molar-refractivity contribution in [1.82, 2.24) is 4.57 Å². The van der Waals surface area contributed by atoms with Gasteiger partial charge in [0.1, 0.15) is 0 Å². The minimum absolute atomic E-state index is 0.0409. The quantitative estimate of drug-likeness (QED) is 0.829. The largest absolute Gasteiger partial charge is 0.307 e. The fourth-order valence-electron chi connectivity index (χ4n) is 0.976. The molecule has 0 radical (unpaired) electrons. The first-order valence-electron chi connectivity index (χ1n) is 4.39. The smallest absolute Gasteiger partial charge is 0.250 e. The topological polar surface area (TPSA) is 39.1 Å². The number of aromatic nitrogens is 1. The highest BCUT2D eigenvalue weighted by atomic mass is 79.9. The number of rotatable bonds is 3. The molecule has 0 aliphatic heterocycles. The lowest BCUT2D eigenvalue weighted by Crippen LogP contribution is -2.25. The van der Waals surface area contributed by atoms with E-state index in [9.17, 15) is 9.59 Å². The molecule has 0 atom stereocenters. The van der Waals surface area contributed by atoms with Crippen molar-refractivity contribution < 1.29 is 4.79 Å². The van der Waals surface area contributed by atoms with E-state index >= 15 is 0 Å². The van der Waals surface area contributed by atoms with Crippen LogP contribution in [-0.4, -0.2) is 10.4 Å². The Hall–Kier alpha value is -0.900. The van der Waals surface area contributed by atoms with Gasteiger partial charge in [-0.15, -0.1) is 0 Å². The van der Waals surface area contributed by atoms with Crippen LogP contribution in [0.15, 0.2) is 27.6 Å². The normalized spacial score (nSPS) is 10.6. The maximum absolute atomic E-state index is 11.4. The van der Waals surface area contributed by atoms with Crippen molar-refractivity contribution >= 4 is 21.7 Å². The van der Waals surface area contributed by atoms with Gasteiger partial charge in [-0.1, -0.05) is 13.8 Å². The van der Waals surface area contributed by atoms with E-state index in [4.69, 9.17) is 0 Å². The Kier molecular flexibility index (Phi) is 3.63. The van der Waals surface area contributed by atoms with Gasteiger partial charge in [0.15, 0.2) is 5.78 Å². The van der Waals surface area contributed by atoms with E-state index in [0.717, 1.165) is 4.47 Å². The molecule has 1 aromatic rings. The summed E-state index contributed by atoms with van der Waals surface area (Å²) in [4.78, 5) is 22.7. The zero-order chi connectivity index (χ0) is 10.7. The first-order chi connectivity index (χ1) is 6.50. The fourth-order valence-corrected chi connectivity index (χ4v) is 1.36. The third kappa shape index (κ3) is 2.80. The molecule has 0 fully saturated rings. The molecule has 0 unspecified atom stereocenters. The van der Waals surface area contributed by atoms with Crippen LogP contribution in [0, 0.1) is 5.92 Å². The molecule has 0 saturated carbocycles. The van der Waals surface area contributed by atoms with Crippen LogP contribution in [0.1, 0.15) is 13.8 Å². The lowest BCUT2D eigenvalue weighted by molar-refractivity contribution is -0.122. The van der Waals surface area contributed by atoms with Crippen molar-refractivity contribution in [3.8, 4) is 0 Å². The second-order valence-corrected chi connectivity index (χ2v) is 4.35. The van der Waals surface area contributed by atoms with Gasteiger partial charge in [-0.2, -0.15) is 0 Å². The minimum atomic E-state index is -0.151. The second-order valence-electron chi connectivity index (χ2n) is 3.43. The predicted octanol–water partition coefficient (Wildman–Crippen LogP) is 1.84. The molecule has 0 amide bonds. The molecule has 1 heterocycles. The minimum Gasteiger partial charge on any atom is -0.307 e. The lowest BCUT2D eigenvalue weighted by atomic mass is 10.1. The van der Waals surface area contributed by atoms with Crippen molar-refractivity contribution in [2.75, 3.05) is 0 Å². The summed E-state index contributed by atoms with van der Waals surface area (Å²) in [6.07, 6.45) is 1.63. The molecule has 0 spiro atoms. The summed E-state index contributed by atoms with van der Waals surface area (Å²) in [7, 11) is 0. The van der Waals surface area contributed by atoms with E-state index in [0.29, 0.717) is 0 Å². The Morgan fingerprint density at radius 1 is 1.50 bits per heavy atom. The molecule has 14 heavy (non-hydrogen) atoms. The molecule has 1 rings (SSSR count). The SMILES string of the molecule is CC(C)C(=O)Cn1cc(Br)ccc1=O. The van der Waals surface area contributed by atoms with Gasteiger partial charge in [0.25, 0.3) is 5.56 Å². The number of hydrogen-bond donors (Lipinski definition) is 0. The van der Waals surface area contributed by atoms with Crippen LogP contribution in [0.2, 0.25) is 0 Å². The van der Waals surface area contributed by atoms with Crippen LogP contribution in [0.3, 0.4) is 0 Å². The molecule has 0 aliphatic carbocycles. The number of halogens is 1. The zero-order valence-electron chi connectivity index (χ0n) is 8.16. The summed E-state index contributed by atoms with van der Waals surface area (Å²) in [5.74, 6) is 0.0195. The summed E-state index contributed by atoms with van der Waals surface area (Å²) < 4.78 is 2.21. The van der Waals surface area contributed by atoms with Crippen molar-refractivity contribution in [2.45, 2.75) is 20.4 Å². The van der Waals surface area contributed by atoms with Crippen LogP contribution in [0.25, 0.3) is 0 Å². The number of carbonyl (C=O) groups excluding carboxylic acids is 1. The molecular weight excluding hydrogens is 246 g/mol. The highest BCUT2D eigenvalue weighted by Gasteiger charge is 2.08. The summed E-state index contributed by atoms with van der Waals surface area (Å²) in [5.41, 5.74) is -0.151. The van der Waals surface area contributed by atoms with Crippen LogP contribution >= 0.6 is 15.9 Å². The van der Waals surface area contributed by atoms with Gasteiger partial charge in [0.05, 0.1) is 6.54 Å². The molecule has 0 bridgehead atoms. The van der Waals surface area contributed by atoms with Crippen LogP contribution in [0.4, 0.5) is 0 Å². The number of carbonyl (C=O) groups is 1. The maximum atomic E-state index is 11.4. The number of pyridine rings is 1. The van der Waals surface area contributed by atoms with Gasteiger partial charge in [-0.05, 0) is 22.0 Å². The first-order valence-corrected chi connectivity index (χ1v) is 5.18.